The zero-order valence-electron chi connectivity index (χ0n) is 11.4. The number of nitrogens with zero attached hydrogens (tertiary/aromatic N) is 2. The monoisotopic (exact) mass is 259 g/mol. The number of fused-ring (bicyclic) bond motifs is 2. The average molecular weight is 259 g/mol. The third-order valence-electron chi connectivity index (χ3n) is 4.52. The fourth-order valence-electron chi connectivity index (χ4n) is 3.34. The molecule has 2 fully saturated rings. The number of amides is 1. The summed E-state index contributed by atoms with van der Waals surface area (Å²) >= 11 is 0. The molecule has 1 saturated carbocycles. The van der Waals surface area contributed by atoms with Crippen LogP contribution in [0, 0.1) is 5.92 Å². The molecule has 1 aromatic carbocycles. The van der Waals surface area contributed by atoms with Crippen LogP contribution in [0.15, 0.2) is 24.3 Å². The van der Waals surface area contributed by atoms with Crippen molar-refractivity contribution in [1.29, 1.82) is 0 Å². The molecule has 2 N–H and O–H groups in total. The second-order valence-corrected chi connectivity index (χ2v) is 5.81. The van der Waals surface area contributed by atoms with E-state index in [1.807, 2.05) is 31.3 Å². The second kappa shape index (κ2) is 4.85. The topological polar surface area (TPSA) is 49.6 Å². The molecule has 2 bridgehead atoms. The first kappa shape index (κ1) is 12.5. The van der Waals surface area contributed by atoms with Crippen LogP contribution in [-0.2, 0) is 4.79 Å². The van der Waals surface area contributed by atoms with Gasteiger partial charge in [-0.15, -0.1) is 0 Å². The van der Waals surface area contributed by atoms with E-state index in [-0.39, 0.29) is 5.91 Å². The van der Waals surface area contributed by atoms with Crippen molar-refractivity contribution in [3.8, 4) is 0 Å². The maximum Gasteiger partial charge on any atom is 0.240 e. The highest BCUT2D eigenvalue weighted by Gasteiger charge is 2.38. The smallest absolute Gasteiger partial charge is 0.240 e. The molecule has 2 atom stereocenters. The van der Waals surface area contributed by atoms with E-state index in [0.717, 1.165) is 23.8 Å². The van der Waals surface area contributed by atoms with Crippen molar-refractivity contribution in [3.05, 3.63) is 24.3 Å². The molecule has 1 heterocycles. The summed E-state index contributed by atoms with van der Waals surface area (Å²) < 4.78 is 0. The van der Waals surface area contributed by atoms with Gasteiger partial charge in [0.2, 0.25) is 5.91 Å². The van der Waals surface area contributed by atoms with Crippen LogP contribution in [0.4, 0.5) is 11.4 Å². The van der Waals surface area contributed by atoms with Crippen molar-refractivity contribution >= 4 is 17.3 Å². The van der Waals surface area contributed by atoms with E-state index in [0.29, 0.717) is 12.6 Å². The average Bonchev–Trinajstić information content (AvgIpc) is 3.01. The standard InChI is InChI=1S/C15H21N3O/c1-17(13-6-3-12(16)4-7-13)15(19)10-18-9-11-2-5-14(18)8-11/h3-4,6-7,11,14H,2,5,8-10,16H2,1H3. The highest BCUT2D eigenvalue weighted by atomic mass is 16.2. The summed E-state index contributed by atoms with van der Waals surface area (Å²) in [6.45, 7) is 1.65. The number of likely N-dealkylation sites (tertiary alicyclic amines) is 1. The summed E-state index contributed by atoms with van der Waals surface area (Å²) in [6, 6.07) is 8.09. The summed E-state index contributed by atoms with van der Waals surface area (Å²) in [7, 11) is 1.84. The van der Waals surface area contributed by atoms with Crippen LogP contribution >= 0.6 is 0 Å². The molecule has 0 radical (unpaired) electrons. The summed E-state index contributed by atoms with van der Waals surface area (Å²) in [5.74, 6) is 0.997. The first-order chi connectivity index (χ1) is 9.13. The predicted molar refractivity (Wildman–Crippen MR) is 77.0 cm³/mol. The zero-order valence-corrected chi connectivity index (χ0v) is 11.4. The van der Waals surface area contributed by atoms with Gasteiger partial charge >= 0.3 is 0 Å². The molecular weight excluding hydrogens is 238 g/mol. The molecule has 4 nitrogen and oxygen atoms in total. The van der Waals surface area contributed by atoms with E-state index in [2.05, 4.69) is 4.90 Å². The van der Waals surface area contributed by atoms with Crippen molar-refractivity contribution in [2.45, 2.75) is 25.3 Å². The number of rotatable bonds is 3. The minimum absolute atomic E-state index is 0.164. The van der Waals surface area contributed by atoms with Gasteiger partial charge in [-0.2, -0.15) is 0 Å². The number of hydrogen-bond acceptors (Lipinski definition) is 3. The number of likely N-dealkylation sites (N-methyl/N-ethyl adjacent to an activating group) is 1. The van der Waals surface area contributed by atoms with Crippen LogP contribution in [0.5, 0.6) is 0 Å². The van der Waals surface area contributed by atoms with Gasteiger partial charge in [0, 0.05) is 31.0 Å². The Labute approximate surface area is 114 Å². The van der Waals surface area contributed by atoms with Crippen molar-refractivity contribution < 1.29 is 4.79 Å². The lowest BCUT2D eigenvalue weighted by atomic mass is 10.1. The fraction of sp³-hybridized carbons (Fsp3) is 0.533. The SMILES string of the molecule is CN(C(=O)CN1CC2CCC1C2)c1ccc(N)cc1. The third-order valence-corrected chi connectivity index (χ3v) is 4.52. The van der Waals surface area contributed by atoms with Gasteiger partial charge in [0.25, 0.3) is 0 Å². The molecule has 1 aromatic rings. The molecule has 1 amide bonds. The van der Waals surface area contributed by atoms with E-state index in [1.54, 1.807) is 4.90 Å². The van der Waals surface area contributed by atoms with Crippen molar-refractivity contribution in [2.75, 3.05) is 30.8 Å². The molecule has 3 rings (SSSR count). The summed E-state index contributed by atoms with van der Waals surface area (Å²) in [4.78, 5) is 16.4. The Morgan fingerprint density at radius 1 is 1.37 bits per heavy atom. The quantitative estimate of drug-likeness (QED) is 0.841. The Balaban J connectivity index is 1.62. The Morgan fingerprint density at radius 3 is 2.68 bits per heavy atom. The van der Waals surface area contributed by atoms with Gasteiger partial charge in [0.05, 0.1) is 6.54 Å². The zero-order chi connectivity index (χ0) is 13.4. The predicted octanol–water partition coefficient (Wildman–Crippen LogP) is 1.72. The van der Waals surface area contributed by atoms with Crippen molar-refractivity contribution in [1.82, 2.24) is 4.90 Å². The molecule has 102 valence electrons. The largest absolute Gasteiger partial charge is 0.399 e. The van der Waals surface area contributed by atoms with E-state index in [1.165, 1.54) is 19.3 Å². The summed E-state index contributed by atoms with van der Waals surface area (Å²) in [6.07, 6.45) is 3.91. The van der Waals surface area contributed by atoms with Crippen LogP contribution in [0.2, 0.25) is 0 Å². The molecule has 0 spiro atoms. The molecule has 2 aliphatic rings. The Hall–Kier alpha value is -1.55. The number of anilines is 2. The van der Waals surface area contributed by atoms with E-state index >= 15 is 0 Å². The fourth-order valence-corrected chi connectivity index (χ4v) is 3.34. The van der Waals surface area contributed by atoms with Crippen LogP contribution < -0.4 is 10.6 Å². The van der Waals surface area contributed by atoms with Gasteiger partial charge in [-0.1, -0.05) is 0 Å². The van der Waals surface area contributed by atoms with Gasteiger partial charge in [0.15, 0.2) is 0 Å². The minimum atomic E-state index is 0.164. The molecule has 2 unspecified atom stereocenters. The number of hydrogen-bond donors (Lipinski definition) is 1. The third kappa shape index (κ3) is 2.45. The number of nitrogens with two attached hydrogens (primary N) is 1. The Morgan fingerprint density at radius 2 is 2.11 bits per heavy atom. The first-order valence-corrected chi connectivity index (χ1v) is 6.99. The van der Waals surface area contributed by atoms with Gasteiger partial charge in [0.1, 0.15) is 0 Å². The van der Waals surface area contributed by atoms with Crippen LogP contribution in [0.3, 0.4) is 0 Å². The molecule has 1 aliphatic heterocycles. The molecule has 19 heavy (non-hydrogen) atoms. The number of carbonyl (C=O) groups excluding carboxylic acids is 1. The van der Waals surface area contributed by atoms with Crippen molar-refractivity contribution in [3.63, 3.8) is 0 Å². The molecular formula is C15H21N3O. The number of benzene rings is 1. The molecule has 4 heteroatoms. The lowest BCUT2D eigenvalue weighted by Crippen LogP contribution is -2.42. The Kier molecular flexibility index (Phi) is 3.19. The van der Waals surface area contributed by atoms with E-state index < -0.39 is 0 Å². The normalized spacial score (nSPS) is 25.7. The van der Waals surface area contributed by atoms with Gasteiger partial charge < -0.3 is 10.6 Å². The second-order valence-electron chi connectivity index (χ2n) is 5.81. The summed E-state index contributed by atoms with van der Waals surface area (Å²) in [5.41, 5.74) is 7.29. The van der Waals surface area contributed by atoms with Crippen molar-refractivity contribution in [2.24, 2.45) is 5.92 Å². The lowest BCUT2D eigenvalue weighted by Gasteiger charge is -2.28. The van der Waals surface area contributed by atoms with Gasteiger partial charge in [-0.25, -0.2) is 0 Å². The minimum Gasteiger partial charge on any atom is -0.399 e. The lowest BCUT2D eigenvalue weighted by molar-refractivity contribution is -0.119. The Bertz CT molecular complexity index is 471. The van der Waals surface area contributed by atoms with Crippen LogP contribution in [0.1, 0.15) is 19.3 Å². The highest BCUT2D eigenvalue weighted by molar-refractivity contribution is 5.94. The first-order valence-electron chi connectivity index (χ1n) is 6.99. The van der Waals surface area contributed by atoms with Crippen LogP contribution in [0.25, 0.3) is 0 Å². The number of carbonyl (C=O) groups is 1. The molecule has 1 aliphatic carbocycles. The maximum atomic E-state index is 12.3. The number of piperidine rings is 1. The summed E-state index contributed by atoms with van der Waals surface area (Å²) in [5, 5.41) is 0. The van der Waals surface area contributed by atoms with Crippen LogP contribution in [-0.4, -0.2) is 37.0 Å². The van der Waals surface area contributed by atoms with E-state index in [4.69, 9.17) is 5.73 Å². The maximum absolute atomic E-state index is 12.3. The molecule has 0 aromatic heterocycles. The highest BCUT2D eigenvalue weighted by Crippen LogP contribution is 2.37. The van der Waals surface area contributed by atoms with E-state index in [9.17, 15) is 4.79 Å². The van der Waals surface area contributed by atoms with Gasteiger partial charge in [-0.05, 0) is 49.4 Å². The molecule has 1 saturated heterocycles. The number of nitrogen functional groups attached to an aromatic ring is 1. The van der Waals surface area contributed by atoms with Gasteiger partial charge in [-0.3, -0.25) is 9.69 Å².